The average Bonchev–Trinajstić information content (AvgIpc) is 2.90. The second kappa shape index (κ2) is 41.5. The third-order valence-corrected chi connectivity index (χ3v) is 4.26. The predicted octanol–water partition coefficient (Wildman–Crippen LogP) is 3.66. The zero-order valence-corrected chi connectivity index (χ0v) is 20.9. The number of isocyanates is 6. The molecule has 0 aliphatic heterocycles. The van der Waals surface area contributed by atoms with Crippen molar-refractivity contribution in [1.29, 1.82) is 0 Å². The van der Waals surface area contributed by atoms with E-state index in [1.807, 2.05) is 0 Å². The highest BCUT2D eigenvalue weighted by Crippen LogP contribution is 2.00. The Morgan fingerprint density at radius 3 is 0.500 bits per heavy atom. The highest BCUT2D eigenvalue weighted by molar-refractivity contribution is 5.33. The van der Waals surface area contributed by atoms with E-state index < -0.39 is 0 Å². The van der Waals surface area contributed by atoms with Gasteiger partial charge in [0.2, 0.25) is 36.5 Å². The fourth-order valence-electron chi connectivity index (χ4n) is 2.48. The van der Waals surface area contributed by atoms with Gasteiger partial charge in [0.1, 0.15) is 0 Å². The van der Waals surface area contributed by atoms with Crippen LogP contribution in [0.3, 0.4) is 0 Å². The molecule has 0 saturated heterocycles. The summed E-state index contributed by atoms with van der Waals surface area (Å²) in [5.41, 5.74) is 0. The van der Waals surface area contributed by atoms with Gasteiger partial charge in [0.15, 0.2) is 0 Å². The molecule has 0 aromatic heterocycles. The Morgan fingerprint density at radius 1 is 0.250 bits per heavy atom. The number of rotatable bonds is 21. The normalized spacial score (nSPS) is 8.33. The van der Waals surface area contributed by atoms with Gasteiger partial charge in [-0.3, -0.25) is 0 Å². The molecule has 0 amide bonds. The van der Waals surface area contributed by atoms with Crippen molar-refractivity contribution in [3.63, 3.8) is 0 Å². The highest BCUT2D eigenvalue weighted by Gasteiger charge is 1.89. The fourth-order valence-corrected chi connectivity index (χ4v) is 2.48. The van der Waals surface area contributed by atoms with Crippen LogP contribution in [-0.2, 0) is 28.8 Å². The maximum atomic E-state index is 9.63. The van der Waals surface area contributed by atoms with Crippen molar-refractivity contribution in [3.8, 4) is 0 Å². The highest BCUT2D eigenvalue weighted by atomic mass is 16.1. The molecule has 0 heterocycles. The molecular formula is C24H36N6O6. The van der Waals surface area contributed by atoms with Crippen LogP contribution >= 0.6 is 0 Å². The first kappa shape index (κ1) is 36.8. The molecule has 0 atom stereocenters. The summed E-state index contributed by atoms with van der Waals surface area (Å²) < 4.78 is 0. The van der Waals surface area contributed by atoms with Crippen LogP contribution in [0.1, 0.15) is 77.0 Å². The molecule has 0 N–H and O–H groups in total. The van der Waals surface area contributed by atoms with Crippen molar-refractivity contribution in [3.05, 3.63) is 0 Å². The lowest BCUT2D eigenvalue weighted by atomic mass is 10.2. The molecule has 0 bridgehead atoms. The summed E-state index contributed by atoms with van der Waals surface area (Å²) in [7, 11) is 0. The number of hydrogen-bond donors (Lipinski definition) is 0. The molecule has 0 aromatic rings. The van der Waals surface area contributed by atoms with E-state index in [9.17, 15) is 28.8 Å². The number of carbonyl (C=O) groups excluding carboxylic acids is 6. The van der Waals surface area contributed by atoms with E-state index in [0.717, 1.165) is 77.0 Å². The third-order valence-electron chi connectivity index (χ3n) is 4.26. The Balaban J connectivity index is -0.000000454. The molecular weight excluding hydrogens is 468 g/mol. The summed E-state index contributed by atoms with van der Waals surface area (Å²) in [5.74, 6) is 0. The average molecular weight is 505 g/mol. The largest absolute Gasteiger partial charge is 0.234 e. The van der Waals surface area contributed by atoms with E-state index in [1.54, 1.807) is 0 Å². The Bertz CT molecular complexity index is 612. The zero-order valence-electron chi connectivity index (χ0n) is 20.9. The van der Waals surface area contributed by atoms with Gasteiger partial charge in [0.25, 0.3) is 0 Å². The second-order valence-electron chi connectivity index (χ2n) is 7.08. The number of aliphatic imine (C=N–C) groups is 6. The monoisotopic (exact) mass is 504 g/mol. The fraction of sp³-hybridized carbons (Fsp3) is 0.750. The van der Waals surface area contributed by atoms with Crippen LogP contribution in [0.2, 0.25) is 0 Å². The number of nitrogens with zero attached hydrogens (tertiary/aromatic N) is 6. The smallest absolute Gasteiger partial charge is 0.211 e. The van der Waals surface area contributed by atoms with E-state index >= 15 is 0 Å². The molecule has 12 nitrogen and oxygen atoms in total. The van der Waals surface area contributed by atoms with Crippen molar-refractivity contribution in [2.24, 2.45) is 30.0 Å². The van der Waals surface area contributed by atoms with Crippen molar-refractivity contribution in [1.82, 2.24) is 0 Å². The number of hydrogen-bond acceptors (Lipinski definition) is 12. The standard InChI is InChI=1S/3C8H12N2O2/c3*11-7-9-5-3-1-2-4-6-10-8-12/h3*1-6H2. The maximum absolute atomic E-state index is 9.63. The molecule has 0 aromatic carbocycles. The summed E-state index contributed by atoms with van der Waals surface area (Å²) in [5, 5.41) is 0. The Hall–Kier alpha value is -3.72. The summed E-state index contributed by atoms with van der Waals surface area (Å²) in [4.78, 5) is 78.3. The Labute approximate surface area is 211 Å². The van der Waals surface area contributed by atoms with Crippen molar-refractivity contribution < 1.29 is 28.8 Å². The van der Waals surface area contributed by atoms with Crippen LogP contribution in [0.5, 0.6) is 0 Å². The first-order chi connectivity index (χ1) is 17.7. The van der Waals surface area contributed by atoms with Gasteiger partial charge in [-0.05, 0) is 38.5 Å². The first-order valence-corrected chi connectivity index (χ1v) is 12.0. The van der Waals surface area contributed by atoms with Crippen molar-refractivity contribution in [2.75, 3.05) is 39.3 Å². The van der Waals surface area contributed by atoms with Gasteiger partial charge in [-0.2, -0.15) is 0 Å². The molecule has 198 valence electrons. The van der Waals surface area contributed by atoms with Gasteiger partial charge in [0, 0.05) is 0 Å². The molecule has 0 unspecified atom stereocenters. The second-order valence-corrected chi connectivity index (χ2v) is 7.08. The van der Waals surface area contributed by atoms with Crippen LogP contribution in [0.25, 0.3) is 0 Å². The summed E-state index contributed by atoms with van der Waals surface area (Å²) in [6.45, 7) is 3.34. The molecule has 0 fully saturated rings. The van der Waals surface area contributed by atoms with E-state index in [2.05, 4.69) is 30.0 Å². The van der Waals surface area contributed by atoms with Crippen LogP contribution in [0.15, 0.2) is 30.0 Å². The minimum absolute atomic E-state index is 0.556. The molecule has 0 aliphatic carbocycles. The van der Waals surface area contributed by atoms with E-state index in [1.165, 1.54) is 36.5 Å². The quantitative estimate of drug-likeness (QED) is 0.131. The number of unbranched alkanes of at least 4 members (excludes halogenated alkanes) is 9. The van der Waals surface area contributed by atoms with Crippen LogP contribution in [0.4, 0.5) is 0 Å². The van der Waals surface area contributed by atoms with Gasteiger partial charge in [-0.15, -0.1) is 0 Å². The first-order valence-electron chi connectivity index (χ1n) is 12.0. The molecule has 12 heteroatoms. The van der Waals surface area contributed by atoms with Gasteiger partial charge in [0.05, 0.1) is 39.3 Å². The predicted molar refractivity (Wildman–Crippen MR) is 133 cm³/mol. The minimum Gasteiger partial charge on any atom is -0.211 e. The molecule has 36 heavy (non-hydrogen) atoms. The van der Waals surface area contributed by atoms with Gasteiger partial charge >= 0.3 is 0 Å². The van der Waals surface area contributed by atoms with Crippen LogP contribution in [-0.4, -0.2) is 75.7 Å². The molecule has 0 aliphatic rings. The lowest BCUT2D eigenvalue weighted by Gasteiger charge is -1.93. The summed E-state index contributed by atoms with van der Waals surface area (Å²) >= 11 is 0. The van der Waals surface area contributed by atoms with Crippen molar-refractivity contribution >= 4 is 36.5 Å². The van der Waals surface area contributed by atoms with Crippen LogP contribution in [0, 0.1) is 0 Å². The van der Waals surface area contributed by atoms with Gasteiger partial charge in [-0.25, -0.2) is 58.7 Å². The van der Waals surface area contributed by atoms with E-state index in [4.69, 9.17) is 0 Å². The van der Waals surface area contributed by atoms with Crippen LogP contribution < -0.4 is 0 Å². The lowest BCUT2D eigenvalue weighted by Crippen LogP contribution is -1.84. The molecule has 0 spiro atoms. The summed E-state index contributed by atoms with van der Waals surface area (Å²) in [6, 6.07) is 0. The van der Waals surface area contributed by atoms with E-state index in [-0.39, 0.29) is 0 Å². The van der Waals surface area contributed by atoms with Crippen molar-refractivity contribution in [2.45, 2.75) is 77.0 Å². The molecule has 0 rings (SSSR count). The van der Waals surface area contributed by atoms with Gasteiger partial charge in [-0.1, -0.05) is 38.5 Å². The van der Waals surface area contributed by atoms with Gasteiger partial charge < -0.3 is 0 Å². The minimum atomic E-state index is 0.556. The third kappa shape index (κ3) is 47.9. The molecule has 0 saturated carbocycles. The SMILES string of the molecule is O=C=NCCCCCCN=C=O.O=C=NCCCCCCN=C=O.O=C=NCCCCCCN=C=O. The lowest BCUT2D eigenvalue weighted by molar-refractivity contribution is 0.558. The zero-order chi connectivity index (χ0) is 27.2. The Kier molecular flexibility index (Phi) is 42.5. The topological polar surface area (TPSA) is 177 Å². The van der Waals surface area contributed by atoms with E-state index in [0.29, 0.717) is 39.3 Å². The molecule has 0 radical (unpaired) electrons. The maximum Gasteiger partial charge on any atom is 0.234 e. The Morgan fingerprint density at radius 2 is 0.389 bits per heavy atom. The summed E-state index contributed by atoms with van der Waals surface area (Å²) in [6.07, 6.45) is 20.4.